The quantitative estimate of drug-likeness (QED) is 0.807. The molecule has 0 radical (unpaired) electrons. The van der Waals surface area contributed by atoms with E-state index in [0.717, 1.165) is 55.6 Å². The molecule has 0 bridgehead atoms. The number of rotatable bonds is 7. The van der Waals surface area contributed by atoms with Crippen molar-refractivity contribution in [3.05, 3.63) is 11.4 Å². The lowest BCUT2D eigenvalue weighted by molar-refractivity contribution is 0.0134. The normalized spacial score (nSPS) is 18.5. The molecule has 1 aliphatic rings. The van der Waals surface area contributed by atoms with Crippen molar-refractivity contribution in [1.29, 1.82) is 0 Å². The molecule has 1 atom stereocenters. The number of nitrogens with one attached hydrogen (secondary N) is 2. The van der Waals surface area contributed by atoms with Crippen LogP contribution in [-0.2, 0) is 4.74 Å². The number of anilines is 2. The van der Waals surface area contributed by atoms with E-state index in [9.17, 15) is 0 Å². The lowest BCUT2D eigenvalue weighted by Crippen LogP contribution is -2.22. The van der Waals surface area contributed by atoms with Gasteiger partial charge in [-0.3, -0.25) is 0 Å². The van der Waals surface area contributed by atoms with Crippen molar-refractivity contribution in [3.8, 4) is 0 Å². The van der Waals surface area contributed by atoms with Gasteiger partial charge in [-0.25, -0.2) is 9.97 Å². The molecule has 0 aromatic carbocycles. The molecule has 21 heavy (non-hydrogen) atoms. The Morgan fingerprint density at radius 2 is 1.81 bits per heavy atom. The number of nitrogens with zero attached hydrogens (tertiary/aromatic N) is 2. The average molecular weight is 292 g/mol. The van der Waals surface area contributed by atoms with Gasteiger partial charge < -0.3 is 15.4 Å². The Balaban J connectivity index is 1.90. The molecule has 0 aliphatic carbocycles. The monoisotopic (exact) mass is 292 g/mol. The molecule has 5 heteroatoms. The summed E-state index contributed by atoms with van der Waals surface area (Å²) < 4.78 is 5.76. The molecule has 2 heterocycles. The van der Waals surface area contributed by atoms with Gasteiger partial charge in [0.2, 0.25) is 0 Å². The van der Waals surface area contributed by atoms with Gasteiger partial charge in [0, 0.05) is 25.3 Å². The summed E-state index contributed by atoms with van der Waals surface area (Å²) in [4.78, 5) is 9.00. The summed E-state index contributed by atoms with van der Waals surface area (Å²) in [5.74, 6) is 2.69. The molecule has 1 fully saturated rings. The minimum absolute atomic E-state index is 0.409. The van der Waals surface area contributed by atoms with E-state index in [4.69, 9.17) is 4.74 Å². The van der Waals surface area contributed by atoms with E-state index in [-0.39, 0.29) is 0 Å². The second-order valence-electron chi connectivity index (χ2n) is 5.72. The lowest BCUT2D eigenvalue weighted by atomic mass is 10.1. The molecule has 1 aromatic heterocycles. The minimum atomic E-state index is 0.409. The fraction of sp³-hybridized carbons (Fsp3) is 0.750. The zero-order chi connectivity index (χ0) is 15.1. The number of hydrogen-bond acceptors (Lipinski definition) is 5. The summed E-state index contributed by atoms with van der Waals surface area (Å²) in [6.45, 7) is 8.91. The van der Waals surface area contributed by atoms with Gasteiger partial charge in [0.15, 0.2) is 0 Å². The van der Waals surface area contributed by atoms with Crippen molar-refractivity contribution in [2.24, 2.45) is 0 Å². The first-order valence-corrected chi connectivity index (χ1v) is 8.15. The first-order chi connectivity index (χ1) is 10.2. The van der Waals surface area contributed by atoms with Crippen LogP contribution in [0.4, 0.5) is 11.6 Å². The molecule has 2 rings (SSSR count). The third kappa shape index (κ3) is 4.84. The van der Waals surface area contributed by atoms with Crippen molar-refractivity contribution < 1.29 is 4.74 Å². The predicted molar refractivity (Wildman–Crippen MR) is 87.0 cm³/mol. The SMILES string of the molecule is CCCNc1nc(C)nc(NCCC2CCCCO2)c1C. The van der Waals surface area contributed by atoms with Crippen molar-refractivity contribution in [3.63, 3.8) is 0 Å². The van der Waals surface area contributed by atoms with E-state index < -0.39 is 0 Å². The third-order valence-corrected chi connectivity index (χ3v) is 3.83. The van der Waals surface area contributed by atoms with Crippen molar-refractivity contribution in [2.45, 2.75) is 59.0 Å². The average Bonchev–Trinajstić information content (AvgIpc) is 2.50. The van der Waals surface area contributed by atoms with Crippen LogP contribution in [0.15, 0.2) is 0 Å². The molecule has 0 amide bonds. The zero-order valence-corrected chi connectivity index (χ0v) is 13.5. The van der Waals surface area contributed by atoms with Gasteiger partial charge in [0.1, 0.15) is 17.5 Å². The van der Waals surface area contributed by atoms with Crippen LogP contribution >= 0.6 is 0 Å². The highest BCUT2D eigenvalue weighted by atomic mass is 16.5. The Labute approximate surface area is 127 Å². The standard InChI is InChI=1S/C16H28N4O/c1-4-9-17-15-12(2)16(20-13(3)19-15)18-10-8-14-7-5-6-11-21-14/h14H,4-11H2,1-3H3,(H2,17,18,19,20). The van der Waals surface area contributed by atoms with Crippen LogP contribution in [0.1, 0.15) is 50.4 Å². The molecular weight excluding hydrogens is 264 g/mol. The Morgan fingerprint density at radius 1 is 1.10 bits per heavy atom. The fourth-order valence-corrected chi connectivity index (χ4v) is 2.60. The minimum Gasteiger partial charge on any atom is -0.378 e. The van der Waals surface area contributed by atoms with Crippen LogP contribution < -0.4 is 10.6 Å². The molecule has 0 saturated carbocycles. The summed E-state index contributed by atoms with van der Waals surface area (Å²) in [5, 5.41) is 6.81. The van der Waals surface area contributed by atoms with Gasteiger partial charge in [-0.1, -0.05) is 6.92 Å². The number of aryl methyl sites for hydroxylation is 1. The first-order valence-electron chi connectivity index (χ1n) is 8.15. The van der Waals surface area contributed by atoms with Crippen LogP contribution in [0.5, 0.6) is 0 Å². The molecule has 1 aliphatic heterocycles. The summed E-state index contributed by atoms with van der Waals surface area (Å²) in [6.07, 6.45) is 6.23. The Kier molecular flexibility index (Phi) is 6.23. The summed E-state index contributed by atoms with van der Waals surface area (Å²) in [5.41, 5.74) is 1.10. The fourth-order valence-electron chi connectivity index (χ4n) is 2.60. The molecule has 2 N–H and O–H groups in total. The van der Waals surface area contributed by atoms with Crippen LogP contribution in [0.25, 0.3) is 0 Å². The predicted octanol–water partition coefficient (Wildman–Crippen LogP) is 3.29. The second kappa shape index (κ2) is 8.17. The van der Waals surface area contributed by atoms with Gasteiger partial charge in [-0.05, 0) is 46.0 Å². The number of ether oxygens (including phenoxy) is 1. The maximum atomic E-state index is 5.76. The third-order valence-electron chi connectivity index (χ3n) is 3.83. The van der Waals surface area contributed by atoms with Gasteiger partial charge >= 0.3 is 0 Å². The summed E-state index contributed by atoms with van der Waals surface area (Å²) in [7, 11) is 0. The summed E-state index contributed by atoms with van der Waals surface area (Å²) in [6, 6.07) is 0. The van der Waals surface area contributed by atoms with E-state index >= 15 is 0 Å². The van der Waals surface area contributed by atoms with Crippen LogP contribution in [0.3, 0.4) is 0 Å². The Bertz CT molecular complexity index is 444. The molecule has 0 spiro atoms. The second-order valence-corrected chi connectivity index (χ2v) is 5.72. The van der Waals surface area contributed by atoms with Crippen molar-refractivity contribution in [1.82, 2.24) is 9.97 Å². The molecule has 5 nitrogen and oxygen atoms in total. The first kappa shape index (κ1) is 16.0. The maximum Gasteiger partial charge on any atom is 0.134 e. The molecule has 1 aromatic rings. The zero-order valence-electron chi connectivity index (χ0n) is 13.5. The molecule has 118 valence electrons. The van der Waals surface area contributed by atoms with Crippen LogP contribution in [0.2, 0.25) is 0 Å². The van der Waals surface area contributed by atoms with Gasteiger partial charge in [0.25, 0.3) is 0 Å². The smallest absolute Gasteiger partial charge is 0.134 e. The highest BCUT2D eigenvalue weighted by Crippen LogP contribution is 2.21. The van der Waals surface area contributed by atoms with E-state index in [0.29, 0.717) is 6.10 Å². The number of aromatic nitrogens is 2. The van der Waals surface area contributed by atoms with E-state index in [1.807, 2.05) is 6.92 Å². The topological polar surface area (TPSA) is 59.1 Å². The Hall–Kier alpha value is -1.36. The van der Waals surface area contributed by atoms with Gasteiger partial charge in [-0.2, -0.15) is 0 Å². The molecule has 1 saturated heterocycles. The van der Waals surface area contributed by atoms with Crippen LogP contribution in [0, 0.1) is 13.8 Å². The van der Waals surface area contributed by atoms with E-state index in [2.05, 4.69) is 34.4 Å². The maximum absolute atomic E-state index is 5.76. The van der Waals surface area contributed by atoms with Crippen molar-refractivity contribution in [2.75, 3.05) is 30.3 Å². The molecular formula is C16H28N4O. The highest BCUT2D eigenvalue weighted by Gasteiger charge is 2.14. The highest BCUT2D eigenvalue weighted by molar-refractivity contribution is 5.57. The molecule has 1 unspecified atom stereocenters. The van der Waals surface area contributed by atoms with Crippen LogP contribution in [-0.4, -0.2) is 35.8 Å². The number of hydrogen-bond donors (Lipinski definition) is 2. The summed E-state index contributed by atoms with van der Waals surface area (Å²) >= 11 is 0. The van der Waals surface area contributed by atoms with E-state index in [1.165, 1.54) is 19.3 Å². The largest absolute Gasteiger partial charge is 0.378 e. The van der Waals surface area contributed by atoms with E-state index in [1.54, 1.807) is 0 Å². The lowest BCUT2D eigenvalue weighted by Gasteiger charge is -2.23. The Morgan fingerprint density at radius 3 is 2.43 bits per heavy atom. The van der Waals surface area contributed by atoms with Gasteiger partial charge in [-0.15, -0.1) is 0 Å². The van der Waals surface area contributed by atoms with Gasteiger partial charge in [0.05, 0.1) is 6.10 Å². The van der Waals surface area contributed by atoms with Crippen molar-refractivity contribution >= 4 is 11.6 Å².